The summed E-state index contributed by atoms with van der Waals surface area (Å²) in [4.78, 5) is 10.6. The van der Waals surface area contributed by atoms with Gasteiger partial charge in [-0.1, -0.05) is 13.0 Å². The topological polar surface area (TPSA) is 49.0 Å². The quantitative estimate of drug-likeness (QED) is 0.571. The Hall–Kier alpha value is -0.830. The van der Waals surface area contributed by atoms with Gasteiger partial charge in [0.15, 0.2) is 0 Å². The van der Waals surface area contributed by atoms with Crippen LogP contribution in [0.3, 0.4) is 0 Å². The lowest BCUT2D eigenvalue weighted by Crippen LogP contribution is -2.23. The maximum atomic E-state index is 10.6. The molecule has 0 aromatic carbocycles. The molecule has 0 heterocycles. The van der Waals surface area contributed by atoms with E-state index in [1.807, 2.05) is 6.92 Å². The molecule has 3 heteroatoms. The number of rotatable bonds is 4. The molecule has 0 aromatic heterocycles. The normalized spacial score (nSPS) is 10.2. The predicted molar refractivity (Wildman–Crippen MR) is 38.0 cm³/mol. The molecule has 1 radical (unpaired) electrons. The largest absolute Gasteiger partial charge is 0.350 e. The van der Waals surface area contributed by atoms with Gasteiger partial charge >= 0.3 is 0 Å². The van der Waals surface area contributed by atoms with Gasteiger partial charge in [0.1, 0.15) is 0 Å². The first-order valence-electron chi connectivity index (χ1n) is 3.33. The highest BCUT2D eigenvalue weighted by Gasteiger charge is 1.90. The SMILES string of the molecule is CCC=CC(=O)NCC[O]. The summed E-state index contributed by atoms with van der Waals surface area (Å²) >= 11 is 0. The van der Waals surface area contributed by atoms with Crippen molar-refractivity contribution in [1.29, 1.82) is 0 Å². The third-order valence-electron chi connectivity index (χ3n) is 0.906. The molecule has 3 nitrogen and oxygen atoms in total. The highest BCUT2D eigenvalue weighted by Crippen LogP contribution is 1.78. The molecule has 0 spiro atoms. The zero-order valence-corrected chi connectivity index (χ0v) is 6.09. The molecule has 0 aliphatic carbocycles. The monoisotopic (exact) mass is 142 g/mol. The average molecular weight is 142 g/mol. The van der Waals surface area contributed by atoms with Crippen LogP contribution < -0.4 is 5.32 Å². The Morgan fingerprint density at radius 3 is 2.80 bits per heavy atom. The minimum Gasteiger partial charge on any atom is -0.350 e. The van der Waals surface area contributed by atoms with E-state index in [1.54, 1.807) is 6.08 Å². The van der Waals surface area contributed by atoms with Crippen LogP contribution >= 0.6 is 0 Å². The zero-order chi connectivity index (χ0) is 7.82. The number of amides is 1. The number of hydrogen-bond donors (Lipinski definition) is 1. The highest BCUT2D eigenvalue weighted by molar-refractivity contribution is 5.87. The number of allylic oxidation sites excluding steroid dienone is 1. The first kappa shape index (κ1) is 9.17. The van der Waals surface area contributed by atoms with Crippen molar-refractivity contribution in [2.45, 2.75) is 13.3 Å². The van der Waals surface area contributed by atoms with Gasteiger partial charge in [-0.05, 0) is 12.5 Å². The molecule has 0 rings (SSSR count). The van der Waals surface area contributed by atoms with Crippen molar-refractivity contribution in [3.05, 3.63) is 12.2 Å². The Labute approximate surface area is 60.7 Å². The van der Waals surface area contributed by atoms with Gasteiger partial charge in [-0.15, -0.1) is 0 Å². The van der Waals surface area contributed by atoms with Crippen LogP contribution in [0, 0.1) is 0 Å². The van der Waals surface area contributed by atoms with Crippen molar-refractivity contribution < 1.29 is 9.90 Å². The van der Waals surface area contributed by atoms with E-state index in [1.165, 1.54) is 6.08 Å². The molecule has 0 aromatic rings. The van der Waals surface area contributed by atoms with Crippen molar-refractivity contribution >= 4 is 5.91 Å². The van der Waals surface area contributed by atoms with Gasteiger partial charge in [0.2, 0.25) is 5.91 Å². The lowest BCUT2D eigenvalue weighted by Gasteiger charge is -1.94. The fourth-order valence-electron chi connectivity index (χ4n) is 0.458. The molecule has 0 unspecified atom stereocenters. The van der Waals surface area contributed by atoms with Gasteiger partial charge in [-0.2, -0.15) is 0 Å². The van der Waals surface area contributed by atoms with Crippen LogP contribution in [0.15, 0.2) is 12.2 Å². The van der Waals surface area contributed by atoms with Gasteiger partial charge in [-0.3, -0.25) is 4.79 Å². The summed E-state index contributed by atoms with van der Waals surface area (Å²) in [6.07, 6.45) is 4.03. The smallest absolute Gasteiger partial charge is 0.243 e. The van der Waals surface area contributed by atoms with Crippen LogP contribution in [-0.2, 0) is 9.90 Å². The highest BCUT2D eigenvalue weighted by atomic mass is 16.3. The van der Waals surface area contributed by atoms with Gasteiger partial charge < -0.3 is 5.32 Å². The van der Waals surface area contributed by atoms with Crippen LogP contribution in [0.25, 0.3) is 0 Å². The molecule has 1 amide bonds. The fraction of sp³-hybridized carbons (Fsp3) is 0.571. The van der Waals surface area contributed by atoms with Gasteiger partial charge in [0.05, 0.1) is 6.61 Å². The summed E-state index contributed by atoms with van der Waals surface area (Å²) in [7, 11) is 0. The summed E-state index contributed by atoms with van der Waals surface area (Å²) in [5, 5.41) is 12.3. The van der Waals surface area contributed by atoms with E-state index in [2.05, 4.69) is 5.32 Å². The van der Waals surface area contributed by atoms with Gasteiger partial charge in [-0.25, -0.2) is 5.11 Å². The molecular formula is C7H12NO2. The molecule has 0 aliphatic rings. The summed E-state index contributed by atoms with van der Waals surface area (Å²) in [6, 6.07) is 0. The second kappa shape index (κ2) is 6.29. The van der Waals surface area contributed by atoms with E-state index >= 15 is 0 Å². The molecule has 0 bridgehead atoms. The van der Waals surface area contributed by atoms with E-state index < -0.39 is 0 Å². The van der Waals surface area contributed by atoms with Crippen LogP contribution in [0.4, 0.5) is 0 Å². The molecule has 0 fully saturated rings. The predicted octanol–water partition coefficient (Wildman–Crippen LogP) is 0.499. The van der Waals surface area contributed by atoms with E-state index in [0.29, 0.717) is 0 Å². The number of carbonyl (C=O) groups is 1. The van der Waals surface area contributed by atoms with Crippen molar-refractivity contribution in [3.8, 4) is 0 Å². The first-order chi connectivity index (χ1) is 4.81. The van der Waals surface area contributed by atoms with Crippen molar-refractivity contribution in [2.75, 3.05) is 13.2 Å². The number of nitrogens with one attached hydrogen (secondary N) is 1. The molecule has 10 heavy (non-hydrogen) atoms. The molecular weight excluding hydrogens is 130 g/mol. The van der Waals surface area contributed by atoms with Crippen molar-refractivity contribution in [1.82, 2.24) is 5.32 Å². The van der Waals surface area contributed by atoms with Crippen molar-refractivity contribution in [3.63, 3.8) is 0 Å². The Morgan fingerprint density at radius 2 is 2.30 bits per heavy atom. The summed E-state index contributed by atoms with van der Waals surface area (Å²) in [6.45, 7) is 1.90. The molecule has 1 N–H and O–H groups in total. The summed E-state index contributed by atoms with van der Waals surface area (Å²) in [5.74, 6) is -0.183. The van der Waals surface area contributed by atoms with Crippen LogP contribution in [0.2, 0.25) is 0 Å². The average Bonchev–Trinajstić information content (AvgIpc) is 1.97. The van der Waals surface area contributed by atoms with Gasteiger partial charge in [0, 0.05) is 6.54 Å². The Balaban J connectivity index is 3.34. The lowest BCUT2D eigenvalue weighted by atomic mass is 10.4. The molecule has 0 aliphatic heterocycles. The Bertz CT molecular complexity index is 121. The van der Waals surface area contributed by atoms with E-state index in [9.17, 15) is 9.90 Å². The first-order valence-corrected chi connectivity index (χ1v) is 3.33. The lowest BCUT2D eigenvalue weighted by molar-refractivity contribution is -0.116. The van der Waals surface area contributed by atoms with Crippen LogP contribution in [0.1, 0.15) is 13.3 Å². The molecule has 0 saturated heterocycles. The number of hydrogen-bond acceptors (Lipinski definition) is 1. The standard InChI is InChI=1S/C7H12NO2/c1-2-3-4-7(10)8-5-6-9/h3-4H,2,5-6H2,1H3,(H,8,10). The number of carbonyl (C=O) groups excluding carboxylic acids is 1. The second-order valence-corrected chi connectivity index (χ2v) is 1.81. The minimum atomic E-state index is -0.258. The minimum absolute atomic E-state index is 0.183. The van der Waals surface area contributed by atoms with Crippen molar-refractivity contribution in [2.24, 2.45) is 0 Å². The fourth-order valence-corrected chi connectivity index (χ4v) is 0.458. The van der Waals surface area contributed by atoms with Crippen LogP contribution in [0.5, 0.6) is 0 Å². The molecule has 0 atom stereocenters. The maximum Gasteiger partial charge on any atom is 0.243 e. The van der Waals surface area contributed by atoms with Gasteiger partial charge in [0.25, 0.3) is 0 Å². The summed E-state index contributed by atoms with van der Waals surface area (Å²) < 4.78 is 0. The third kappa shape index (κ3) is 5.31. The maximum absolute atomic E-state index is 10.6. The Kier molecular flexibility index (Phi) is 5.77. The molecule has 0 saturated carbocycles. The molecule has 57 valence electrons. The summed E-state index contributed by atoms with van der Waals surface area (Å²) in [5.41, 5.74) is 0. The zero-order valence-electron chi connectivity index (χ0n) is 6.09. The van der Waals surface area contributed by atoms with E-state index in [0.717, 1.165) is 6.42 Å². The second-order valence-electron chi connectivity index (χ2n) is 1.81. The van der Waals surface area contributed by atoms with Crippen LogP contribution in [-0.4, -0.2) is 19.1 Å². The van der Waals surface area contributed by atoms with E-state index in [-0.39, 0.29) is 19.1 Å². The Morgan fingerprint density at radius 1 is 1.60 bits per heavy atom. The van der Waals surface area contributed by atoms with E-state index in [4.69, 9.17) is 0 Å². The third-order valence-corrected chi connectivity index (χ3v) is 0.906.